The summed E-state index contributed by atoms with van der Waals surface area (Å²) in [5.74, 6) is -0.194. The Kier molecular flexibility index (Phi) is 5.95. The summed E-state index contributed by atoms with van der Waals surface area (Å²) in [6.07, 6.45) is 1.62. The Balaban J connectivity index is 2.47. The zero-order valence-corrected chi connectivity index (χ0v) is 17.0. The molecule has 0 N–H and O–H groups in total. The predicted octanol–water partition coefficient (Wildman–Crippen LogP) is 5.38. The number of nitriles is 1. The second kappa shape index (κ2) is 7.65. The van der Waals surface area contributed by atoms with Crippen LogP contribution in [0.25, 0.3) is 6.08 Å². The molecule has 0 amide bonds. The highest BCUT2D eigenvalue weighted by Gasteiger charge is 2.25. The lowest BCUT2D eigenvalue weighted by Crippen LogP contribution is -2.21. The van der Waals surface area contributed by atoms with Gasteiger partial charge in [-0.15, -0.1) is 0 Å². The van der Waals surface area contributed by atoms with E-state index in [9.17, 15) is 10.1 Å². The van der Waals surface area contributed by atoms with E-state index in [0.717, 1.165) is 22.5 Å². The summed E-state index contributed by atoms with van der Waals surface area (Å²) in [6, 6.07) is 7.38. The Morgan fingerprint density at radius 2 is 1.85 bits per heavy atom. The maximum atomic E-state index is 12.5. The molecule has 0 aliphatic rings. The number of hydrogen-bond acceptors (Lipinski definition) is 3. The molecule has 2 rings (SSSR count). The molecule has 4 nitrogen and oxygen atoms in total. The Morgan fingerprint density at radius 1 is 1.27 bits per heavy atom. The molecule has 0 radical (unpaired) electrons. The molecule has 6 heteroatoms. The first-order valence-corrected chi connectivity index (χ1v) is 8.95. The van der Waals surface area contributed by atoms with Crippen molar-refractivity contribution < 1.29 is 4.79 Å². The van der Waals surface area contributed by atoms with Crippen LogP contribution >= 0.6 is 23.2 Å². The SMILES string of the molecule is Cc1nn(Cc2c(Cl)cccc2Cl)c(C)c1/C=C(\C#N)C(=O)C(C)(C)C. The van der Waals surface area contributed by atoms with Gasteiger partial charge in [0.05, 0.1) is 17.8 Å². The Morgan fingerprint density at radius 3 is 2.35 bits per heavy atom. The minimum atomic E-state index is -0.621. The standard InChI is InChI=1S/C20H21Cl2N3O/c1-12-15(9-14(10-23)19(26)20(3,4)5)13(2)25(24-12)11-16-17(21)7-6-8-18(16)22/h6-9H,11H2,1-5H3/b14-9+. The third-order valence-electron chi connectivity index (χ3n) is 4.14. The first kappa shape index (κ1) is 20.2. The van der Waals surface area contributed by atoms with E-state index in [1.165, 1.54) is 0 Å². The number of carbonyl (C=O) groups excluding carboxylic acids is 1. The number of carbonyl (C=O) groups is 1. The van der Waals surface area contributed by atoms with Crippen molar-refractivity contribution in [2.75, 3.05) is 0 Å². The van der Waals surface area contributed by atoms with Gasteiger partial charge >= 0.3 is 0 Å². The van der Waals surface area contributed by atoms with Gasteiger partial charge in [-0.2, -0.15) is 10.4 Å². The summed E-state index contributed by atoms with van der Waals surface area (Å²) in [4.78, 5) is 12.5. The summed E-state index contributed by atoms with van der Waals surface area (Å²) < 4.78 is 1.78. The number of nitrogens with zero attached hydrogens (tertiary/aromatic N) is 3. The summed E-state index contributed by atoms with van der Waals surface area (Å²) in [6.45, 7) is 9.54. The van der Waals surface area contributed by atoms with Crippen molar-refractivity contribution in [1.82, 2.24) is 9.78 Å². The normalized spacial score (nSPS) is 12.2. The zero-order chi connectivity index (χ0) is 19.6. The van der Waals surface area contributed by atoms with Crippen LogP contribution in [0.5, 0.6) is 0 Å². The van der Waals surface area contributed by atoms with Crippen LogP contribution in [0, 0.1) is 30.6 Å². The number of benzene rings is 1. The van der Waals surface area contributed by atoms with Crippen LogP contribution in [0.4, 0.5) is 0 Å². The van der Waals surface area contributed by atoms with Gasteiger partial charge in [0.15, 0.2) is 5.78 Å². The molecule has 1 aromatic heterocycles. The minimum absolute atomic E-state index is 0.124. The average Bonchev–Trinajstić information content (AvgIpc) is 2.81. The molecule has 1 heterocycles. The monoisotopic (exact) mass is 389 g/mol. The molecule has 136 valence electrons. The largest absolute Gasteiger partial charge is 0.293 e. The maximum Gasteiger partial charge on any atom is 0.178 e. The fourth-order valence-electron chi connectivity index (χ4n) is 2.60. The molecule has 0 spiro atoms. The smallest absolute Gasteiger partial charge is 0.178 e. The van der Waals surface area contributed by atoms with Crippen LogP contribution in [0.2, 0.25) is 10.0 Å². The van der Waals surface area contributed by atoms with Gasteiger partial charge in [-0.1, -0.05) is 50.0 Å². The molecule has 0 aliphatic carbocycles. The van der Waals surface area contributed by atoms with E-state index in [0.29, 0.717) is 16.6 Å². The molecule has 0 saturated carbocycles. The zero-order valence-electron chi connectivity index (χ0n) is 15.5. The van der Waals surface area contributed by atoms with Gasteiger partial charge in [-0.05, 0) is 32.1 Å². The maximum absolute atomic E-state index is 12.5. The highest BCUT2D eigenvalue weighted by atomic mass is 35.5. The topological polar surface area (TPSA) is 58.7 Å². The van der Waals surface area contributed by atoms with Gasteiger partial charge in [-0.3, -0.25) is 9.48 Å². The minimum Gasteiger partial charge on any atom is -0.293 e. The van der Waals surface area contributed by atoms with Crippen molar-refractivity contribution in [2.45, 2.75) is 41.2 Å². The van der Waals surface area contributed by atoms with Gasteiger partial charge in [0.1, 0.15) is 6.07 Å². The fraction of sp³-hybridized carbons (Fsp3) is 0.350. The Hall–Kier alpha value is -2.09. The van der Waals surface area contributed by atoms with Crippen molar-refractivity contribution in [1.29, 1.82) is 5.26 Å². The number of halogens is 2. The molecule has 0 fully saturated rings. The lowest BCUT2D eigenvalue weighted by molar-refractivity contribution is -0.121. The Bertz CT molecular complexity index is 908. The van der Waals surface area contributed by atoms with Crippen molar-refractivity contribution in [3.05, 3.63) is 56.3 Å². The van der Waals surface area contributed by atoms with Crippen LogP contribution in [-0.2, 0) is 11.3 Å². The van der Waals surface area contributed by atoms with Crippen LogP contribution in [0.15, 0.2) is 23.8 Å². The van der Waals surface area contributed by atoms with Crippen LogP contribution in [0.1, 0.15) is 43.3 Å². The van der Waals surface area contributed by atoms with Crippen molar-refractivity contribution in [3.63, 3.8) is 0 Å². The van der Waals surface area contributed by atoms with E-state index in [-0.39, 0.29) is 11.4 Å². The van der Waals surface area contributed by atoms with Crippen LogP contribution < -0.4 is 0 Å². The third kappa shape index (κ3) is 4.17. The number of hydrogen-bond donors (Lipinski definition) is 0. The van der Waals surface area contributed by atoms with Crippen LogP contribution in [-0.4, -0.2) is 15.6 Å². The van der Waals surface area contributed by atoms with E-state index in [1.807, 2.05) is 19.9 Å². The van der Waals surface area contributed by atoms with Gasteiger partial charge in [0.25, 0.3) is 0 Å². The lowest BCUT2D eigenvalue weighted by Gasteiger charge is -2.15. The number of rotatable bonds is 4. The van der Waals surface area contributed by atoms with Crippen molar-refractivity contribution in [2.24, 2.45) is 5.41 Å². The molecule has 0 unspecified atom stereocenters. The average molecular weight is 390 g/mol. The molecule has 0 aliphatic heterocycles. The second-order valence-corrected chi connectivity index (χ2v) is 8.01. The van der Waals surface area contributed by atoms with Crippen molar-refractivity contribution >= 4 is 35.1 Å². The highest BCUT2D eigenvalue weighted by Crippen LogP contribution is 2.27. The third-order valence-corrected chi connectivity index (χ3v) is 4.85. The first-order chi connectivity index (χ1) is 12.1. The summed E-state index contributed by atoms with van der Waals surface area (Å²) in [5, 5.41) is 15.1. The second-order valence-electron chi connectivity index (χ2n) is 7.19. The molecule has 0 bridgehead atoms. The number of allylic oxidation sites excluding steroid dienone is 1. The first-order valence-electron chi connectivity index (χ1n) is 8.19. The summed E-state index contributed by atoms with van der Waals surface area (Å²) in [5.41, 5.74) is 2.63. The van der Waals surface area contributed by atoms with Gasteiger partial charge in [0, 0.05) is 32.3 Å². The van der Waals surface area contributed by atoms with E-state index in [4.69, 9.17) is 23.2 Å². The molecule has 2 aromatic rings. The summed E-state index contributed by atoms with van der Waals surface area (Å²) in [7, 11) is 0. The van der Waals surface area contributed by atoms with E-state index >= 15 is 0 Å². The van der Waals surface area contributed by atoms with Crippen molar-refractivity contribution in [3.8, 4) is 6.07 Å². The number of ketones is 1. The summed E-state index contributed by atoms with van der Waals surface area (Å²) >= 11 is 12.5. The molecule has 1 aromatic carbocycles. The quantitative estimate of drug-likeness (QED) is 0.520. The van der Waals surface area contributed by atoms with E-state index in [2.05, 4.69) is 5.10 Å². The number of Topliss-reactive ketones (excluding diaryl/α,β-unsaturated/α-hetero) is 1. The molecule has 0 atom stereocenters. The van der Waals surface area contributed by atoms with Gasteiger partial charge in [-0.25, -0.2) is 0 Å². The number of aryl methyl sites for hydroxylation is 1. The predicted molar refractivity (Wildman–Crippen MR) is 105 cm³/mol. The van der Waals surface area contributed by atoms with Crippen LogP contribution in [0.3, 0.4) is 0 Å². The van der Waals surface area contributed by atoms with E-state index in [1.54, 1.807) is 49.7 Å². The molecule has 26 heavy (non-hydrogen) atoms. The van der Waals surface area contributed by atoms with E-state index < -0.39 is 5.41 Å². The highest BCUT2D eigenvalue weighted by molar-refractivity contribution is 6.35. The van der Waals surface area contributed by atoms with Gasteiger partial charge < -0.3 is 0 Å². The lowest BCUT2D eigenvalue weighted by atomic mass is 9.86. The number of aromatic nitrogens is 2. The van der Waals surface area contributed by atoms with Gasteiger partial charge in [0.2, 0.25) is 0 Å². The molecular formula is C20H21Cl2N3O. The molecular weight excluding hydrogens is 369 g/mol. The fourth-order valence-corrected chi connectivity index (χ4v) is 3.12. The Labute approximate surface area is 164 Å². The molecule has 0 saturated heterocycles.